The van der Waals surface area contributed by atoms with Gasteiger partial charge in [-0.1, -0.05) is 0 Å². The van der Waals surface area contributed by atoms with E-state index in [9.17, 15) is 14.9 Å². The predicted molar refractivity (Wildman–Crippen MR) is 74.6 cm³/mol. The fraction of sp³-hybridized carbons (Fsp3) is 0. The minimum absolute atomic E-state index is 0.0430. The Bertz CT molecular complexity index is 854. The Morgan fingerprint density at radius 1 is 1.24 bits per heavy atom. The van der Waals surface area contributed by atoms with Crippen LogP contribution in [0.5, 0.6) is 0 Å². The van der Waals surface area contributed by atoms with E-state index in [2.05, 4.69) is 9.97 Å². The number of amides is 1. The number of hydrogen-bond donors (Lipinski definition) is 1. The molecule has 0 saturated heterocycles. The van der Waals surface area contributed by atoms with Crippen molar-refractivity contribution < 1.29 is 9.72 Å². The number of hydrogen-bond acceptors (Lipinski definition) is 5. The van der Waals surface area contributed by atoms with Gasteiger partial charge in [-0.15, -0.1) is 0 Å². The second-order valence-electron chi connectivity index (χ2n) is 4.26. The number of carbonyl (C=O) groups excluding carboxylic acids is 1. The first-order chi connectivity index (χ1) is 10.1. The molecule has 2 N–H and O–H groups in total. The van der Waals surface area contributed by atoms with E-state index in [0.29, 0.717) is 22.6 Å². The number of nitrogens with two attached hydrogens (primary N) is 1. The SMILES string of the molecule is NC(=O)n1c(-c2ccc([N+](=O)[O-])cc2)nc2ncccc21. The van der Waals surface area contributed by atoms with Crippen LogP contribution in [-0.2, 0) is 0 Å². The zero-order valence-corrected chi connectivity index (χ0v) is 10.6. The van der Waals surface area contributed by atoms with Gasteiger partial charge in [-0.25, -0.2) is 19.3 Å². The van der Waals surface area contributed by atoms with Crippen molar-refractivity contribution in [2.45, 2.75) is 0 Å². The molecule has 0 bridgehead atoms. The van der Waals surface area contributed by atoms with Crippen molar-refractivity contribution in [2.24, 2.45) is 5.73 Å². The summed E-state index contributed by atoms with van der Waals surface area (Å²) in [5.74, 6) is 0.297. The highest BCUT2D eigenvalue weighted by Gasteiger charge is 2.17. The highest BCUT2D eigenvalue weighted by atomic mass is 16.6. The van der Waals surface area contributed by atoms with Crippen LogP contribution >= 0.6 is 0 Å². The molecule has 0 unspecified atom stereocenters. The fourth-order valence-electron chi connectivity index (χ4n) is 2.06. The average Bonchev–Trinajstić information content (AvgIpc) is 2.86. The van der Waals surface area contributed by atoms with Gasteiger partial charge in [0, 0.05) is 23.9 Å². The Kier molecular flexibility index (Phi) is 2.83. The van der Waals surface area contributed by atoms with Gasteiger partial charge in [-0.3, -0.25) is 10.1 Å². The van der Waals surface area contributed by atoms with Gasteiger partial charge >= 0.3 is 6.03 Å². The molecule has 0 aliphatic rings. The number of nitrogens with zero attached hydrogens (tertiary/aromatic N) is 4. The molecule has 0 aliphatic carbocycles. The Labute approximate surface area is 118 Å². The third kappa shape index (κ3) is 2.08. The summed E-state index contributed by atoms with van der Waals surface area (Å²) in [5.41, 5.74) is 6.75. The number of nitro groups is 1. The molecule has 3 rings (SSSR count). The average molecular weight is 283 g/mol. The van der Waals surface area contributed by atoms with Crippen molar-refractivity contribution in [2.75, 3.05) is 0 Å². The summed E-state index contributed by atoms with van der Waals surface area (Å²) in [7, 11) is 0. The largest absolute Gasteiger partial charge is 0.351 e. The summed E-state index contributed by atoms with van der Waals surface area (Å²) in [4.78, 5) is 30.2. The summed E-state index contributed by atoms with van der Waals surface area (Å²) >= 11 is 0. The van der Waals surface area contributed by atoms with E-state index in [1.165, 1.54) is 28.8 Å². The number of primary amides is 1. The van der Waals surface area contributed by atoms with Gasteiger partial charge in [0.05, 0.1) is 10.4 Å². The molecular formula is C13H9N5O3. The number of pyridine rings is 1. The smallest absolute Gasteiger partial charge is 0.325 e. The predicted octanol–water partition coefficient (Wildman–Crippen LogP) is 1.93. The van der Waals surface area contributed by atoms with Gasteiger partial charge in [0.1, 0.15) is 0 Å². The molecular weight excluding hydrogens is 274 g/mol. The first kappa shape index (κ1) is 12.7. The van der Waals surface area contributed by atoms with Crippen molar-refractivity contribution >= 4 is 22.9 Å². The summed E-state index contributed by atoms with van der Waals surface area (Å²) in [6, 6.07) is 8.36. The lowest BCUT2D eigenvalue weighted by atomic mass is 10.2. The molecule has 8 heteroatoms. The van der Waals surface area contributed by atoms with Gasteiger partial charge in [0.15, 0.2) is 11.5 Å². The number of nitro benzene ring substituents is 1. The van der Waals surface area contributed by atoms with Gasteiger partial charge < -0.3 is 5.73 Å². The van der Waals surface area contributed by atoms with Crippen LogP contribution in [0.25, 0.3) is 22.6 Å². The van der Waals surface area contributed by atoms with Crippen LogP contribution in [0.4, 0.5) is 10.5 Å². The minimum Gasteiger partial charge on any atom is -0.351 e. The Morgan fingerprint density at radius 2 is 1.95 bits per heavy atom. The van der Waals surface area contributed by atoms with Crippen LogP contribution in [0.3, 0.4) is 0 Å². The molecule has 0 fully saturated rings. The number of non-ortho nitro benzene ring substituents is 1. The Morgan fingerprint density at radius 3 is 2.57 bits per heavy atom. The maximum atomic E-state index is 11.7. The van der Waals surface area contributed by atoms with Crippen molar-refractivity contribution in [3.05, 3.63) is 52.7 Å². The first-order valence-electron chi connectivity index (χ1n) is 5.96. The van der Waals surface area contributed by atoms with E-state index in [0.717, 1.165) is 0 Å². The molecule has 21 heavy (non-hydrogen) atoms. The topological polar surface area (TPSA) is 117 Å². The Hall–Kier alpha value is -3.29. The third-order valence-electron chi connectivity index (χ3n) is 2.99. The lowest BCUT2D eigenvalue weighted by Gasteiger charge is -2.03. The van der Waals surface area contributed by atoms with Crippen molar-refractivity contribution in [1.29, 1.82) is 0 Å². The Balaban J connectivity index is 2.22. The number of imidazole rings is 1. The summed E-state index contributed by atoms with van der Waals surface area (Å²) < 4.78 is 1.23. The van der Waals surface area contributed by atoms with E-state index in [4.69, 9.17) is 5.73 Å². The molecule has 104 valence electrons. The van der Waals surface area contributed by atoms with E-state index in [1.807, 2.05) is 0 Å². The zero-order valence-electron chi connectivity index (χ0n) is 10.6. The molecule has 8 nitrogen and oxygen atoms in total. The number of carbonyl (C=O) groups is 1. The van der Waals surface area contributed by atoms with Crippen LogP contribution in [0.1, 0.15) is 0 Å². The van der Waals surface area contributed by atoms with Crippen molar-refractivity contribution in [1.82, 2.24) is 14.5 Å². The number of aromatic nitrogens is 3. The van der Waals surface area contributed by atoms with E-state index in [-0.39, 0.29) is 5.69 Å². The minimum atomic E-state index is -0.696. The zero-order chi connectivity index (χ0) is 15.0. The molecule has 1 amide bonds. The van der Waals surface area contributed by atoms with E-state index < -0.39 is 11.0 Å². The molecule has 0 atom stereocenters. The van der Waals surface area contributed by atoms with Gasteiger partial charge in [0.2, 0.25) is 0 Å². The number of fused-ring (bicyclic) bond motifs is 1. The molecule has 3 aromatic rings. The first-order valence-corrected chi connectivity index (χ1v) is 5.96. The van der Waals surface area contributed by atoms with E-state index >= 15 is 0 Å². The summed E-state index contributed by atoms with van der Waals surface area (Å²) in [6.45, 7) is 0. The molecule has 0 spiro atoms. The fourth-order valence-corrected chi connectivity index (χ4v) is 2.06. The maximum Gasteiger partial charge on any atom is 0.325 e. The third-order valence-corrected chi connectivity index (χ3v) is 2.99. The molecule has 0 radical (unpaired) electrons. The lowest BCUT2D eigenvalue weighted by molar-refractivity contribution is -0.384. The number of rotatable bonds is 2. The summed E-state index contributed by atoms with van der Waals surface area (Å²) in [6.07, 6.45) is 1.56. The number of benzene rings is 1. The highest BCUT2D eigenvalue weighted by molar-refractivity contribution is 5.92. The van der Waals surface area contributed by atoms with Gasteiger partial charge in [0.25, 0.3) is 5.69 Å². The monoisotopic (exact) mass is 283 g/mol. The molecule has 2 aromatic heterocycles. The lowest BCUT2D eigenvalue weighted by Crippen LogP contribution is -2.20. The summed E-state index contributed by atoms with van der Waals surface area (Å²) in [5, 5.41) is 10.7. The second kappa shape index (κ2) is 4.67. The van der Waals surface area contributed by atoms with Crippen LogP contribution in [0, 0.1) is 10.1 Å². The molecule has 0 aliphatic heterocycles. The van der Waals surface area contributed by atoms with Crippen LogP contribution < -0.4 is 5.73 Å². The van der Waals surface area contributed by atoms with E-state index in [1.54, 1.807) is 18.3 Å². The molecule has 2 heterocycles. The van der Waals surface area contributed by atoms with Crippen LogP contribution in [-0.4, -0.2) is 25.5 Å². The quantitative estimate of drug-likeness (QED) is 0.569. The second-order valence-corrected chi connectivity index (χ2v) is 4.26. The standard InChI is InChI=1S/C13H9N5O3/c14-13(19)17-10-2-1-7-15-11(10)16-12(17)8-3-5-9(6-4-8)18(20)21/h1-7H,(H2,14,19). The normalized spacial score (nSPS) is 10.7. The molecule has 0 saturated carbocycles. The van der Waals surface area contributed by atoms with Crippen LogP contribution in [0.2, 0.25) is 0 Å². The van der Waals surface area contributed by atoms with Crippen molar-refractivity contribution in [3.63, 3.8) is 0 Å². The van der Waals surface area contributed by atoms with Crippen molar-refractivity contribution in [3.8, 4) is 11.4 Å². The van der Waals surface area contributed by atoms with Crippen LogP contribution in [0.15, 0.2) is 42.6 Å². The van der Waals surface area contributed by atoms with Gasteiger partial charge in [-0.05, 0) is 24.3 Å². The maximum absolute atomic E-state index is 11.7. The molecule has 1 aromatic carbocycles. The van der Waals surface area contributed by atoms with Gasteiger partial charge in [-0.2, -0.15) is 0 Å². The highest BCUT2D eigenvalue weighted by Crippen LogP contribution is 2.25.